The van der Waals surface area contributed by atoms with Gasteiger partial charge in [-0.05, 0) is 63.4 Å². The number of ether oxygens (including phenoxy) is 2. The van der Waals surface area contributed by atoms with Gasteiger partial charge in [-0.3, -0.25) is 9.88 Å². The van der Waals surface area contributed by atoms with Crippen LogP contribution in [0.2, 0.25) is 0 Å². The van der Waals surface area contributed by atoms with Crippen LogP contribution >= 0.6 is 0 Å². The first kappa shape index (κ1) is 34.2. The van der Waals surface area contributed by atoms with Gasteiger partial charge in [0, 0.05) is 36.9 Å². The standard InChI is InChI=1S/C32H36F6N6O3/c1-5-24-15-27(26-11-19(3)41-20(4)28(26)44(24)30(45)47-6-2)43(29-39-16-25(17-40-29)42-7-9-46-10-8-42)18-21-12-22(31(33,34)35)14-23(13-21)32(36,37)38/h11-14,16-17,24,27H,5-10,15,18H2,1-4H3. The number of anilines is 3. The van der Waals surface area contributed by atoms with E-state index >= 15 is 0 Å². The number of rotatable bonds is 7. The van der Waals surface area contributed by atoms with Gasteiger partial charge in [0.15, 0.2) is 0 Å². The van der Waals surface area contributed by atoms with Crippen LogP contribution in [0.1, 0.15) is 66.4 Å². The lowest BCUT2D eigenvalue weighted by atomic mass is 9.88. The summed E-state index contributed by atoms with van der Waals surface area (Å²) in [6.07, 6.45) is -6.67. The van der Waals surface area contributed by atoms with E-state index in [9.17, 15) is 31.1 Å². The SMILES string of the molecule is CCOC(=O)N1c2c(cc(C)nc2C)C(N(Cc2cc(C(F)(F)F)cc(C(F)(F)F)c2)c2ncc(N3CCOCC3)cn2)CC1CC. The van der Waals surface area contributed by atoms with E-state index in [-0.39, 0.29) is 37.2 Å². The number of hydrogen-bond donors (Lipinski definition) is 0. The Morgan fingerprint density at radius 2 is 1.60 bits per heavy atom. The van der Waals surface area contributed by atoms with Gasteiger partial charge in [0.05, 0.1) is 66.5 Å². The van der Waals surface area contributed by atoms with Crippen LogP contribution in [0.15, 0.2) is 36.7 Å². The number of fused-ring (bicyclic) bond motifs is 1. The molecule has 9 nitrogen and oxygen atoms in total. The van der Waals surface area contributed by atoms with Crippen molar-refractivity contribution < 1.29 is 40.6 Å². The summed E-state index contributed by atoms with van der Waals surface area (Å²) in [5.41, 5.74) is -0.112. The average molecular weight is 667 g/mol. The zero-order valence-corrected chi connectivity index (χ0v) is 26.5. The molecule has 2 aliphatic heterocycles. The lowest BCUT2D eigenvalue weighted by Crippen LogP contribution is -2.48. The predicted octanol–water partition coefficient (Wildman–Crippen LogP) is 7.26. The molecule has 0 aliphatic carbocycles. The third-order valence-electron chi connectivity index (χ3n) is 8.36. The molecule has 0 saturated carbocycles. The number of aromatic nitrogens is 3. The molecule has 0 bridgehead atoms. The molecule has 254 valence electrons. The van der Waals surface area contributed by atoms with Crippen molar-refractivity contribution in [2.75, 3.05) is 47.6 Å². The molecule has 1 saturated heterocycles. The number of aryl methyl sites for hydroxylation is 2. The zero-order valence-electron chi connectivity index (χ0n) is 26.5. The number of benzene rings is 1. The van der Waals surface area contributed by atoms with E-state index in [1.54, 1.807) is 49.0 Å². The maximum atomic E-state index is 13.9. The van der Waals surface area contributed by atoms with E-state index in [0.717, 1.165) is 12.1 Å². The van der Waals surface area contributed by atoms with Gasteiger partial charge in [0.2, 0.25) is 5.95 Å². The number of hydrogen-bond acceptors (Lipinski definition) is 8. The molecule has 47 heavy (non-hydrogen) atoms. The Morgan fingerprint density at radius 1 is 0.979 bits per heavy atom. The quantitative estimate of drug-likeness (QED) is 0.244. The van der Waals surface area contributed by atoms with Crippen LogP contribution in [0.25, 0.3) is 0 Å². The lowest BCUT2D eigenvalue weighted by molar-refractivity contribution is -0.143. The Bertz CT molecular complexity index is 1540. The predicted molar refractivity (Wildman–Crippen MR) is 162 cm³/mol. The Morgan fingerprint density at radius 3 is 2.15 bits per heavy atom. The van der Waals surface area contributed by atoms with Crippen molar-refractivity contribution in [2.24, 2.45) is 0 Å². The second-order valence-electron chi connectivity index (χ2n) is 11.6. The Hall–Kier alpha value is -4.14. The first-order chi connectivity index (χ1) is 22.2. The molecule has 2 unspecified atom stereocenters. The third-order valence-corrected chi connectivity index (χ3v) is 8.36. The fraction of sp³-hybridized carbons (Fsp3) is 0.500. The molecule has 2 atom stereocenters. The average Bonchev–Trinajstić information content (AvgIpc) is 3.02. The monoisotopic (exact) mass is 666 g/mol. The third kappa shape index (κ3) is 7.39. The summed E-state index contributed by atoms with van der Waals surface area (Å²) in [5, 5.41) is 0. The minimum absolute atomic E-state index is 0.107. The van der Waals surface area contributed by atoms with E-state index < -0.39 is 41.7 Å². The summed E-state index contributed by atoms with van der Waals surface area (Å²) >= 11 is 0. The van der Waals surface area contributed by atoms with Crippen LogP contribution in [0.5, 0.6) is 0 Å². The number of amides is 1. The van der Waals surface area contributed by atoms with Gasteiger partial charge in [0.25, 0.3) is 0 Å². The Balaban J connectivity index is 1.67. The number of carbonyl (C=O) groups is 1. The summed E-state index contributed by atoms with van der Waals surface area (Å²) in [7, 11) is 0. The number of pyridine rings is 1. The maximum Gasteiger partial charge on any atom is 0.416 e. The zero-order chi connectivity index (χ0) is 34.1. The van der Waals surface area contributed by atoms with Crippen LogP contribution in [-0.4, -0.2) is 60.0 Å². The molecule has 2 aromatic heterocycles. The molecule has 2 aliphatic rings. The van der Waals surface area contributed by atoms with Gasteiger partial charge in [-0.15, -0.1) is 0 Å². The molecule has 4 heterocycles. The highest BCUT2D eigenvalue weighted by Crippen LogP contribution is 2.45. The van der Waals surface area contributed by atoms with Crippen molar-refractivity contribution in [3.05, 3.63) is 70.3 Å². The number of halogens is 6. The fourth-order valence-electron chi connectivity index (χ4n) is 6.25. The topological polar surface area (TPSA) is 83.9 Å². The van der Waals surface area contributed by atoms with Crippen molar-refractivity contribution in [1.29, 1.82) is 0 Å². The highest BCUT2D eigenvalue weighted by molar-refractivity contribution is 5.91. The van der Waals surface area contributed by atoms with Gasteiger partial charge in [0.1, 0.15) is 0 Å². The van der Waals surface area contributed by atoms with Gasteiger partial charge in [-0.1, -0.05) is 6.92 Å². The van der Waals surface area contributed by atoms with Gasteiger partial charge < -0.3 is 19.3 Å². The van der Waals surface area contributed by atoms with Gasteiger partial charge >= 0.3 is 18.4 Å². The van der Waals surface area contributed by atoms with Crippen molar-refractivity contribution in [1.82, 2.24) is 15.0 Å². The molecular weight excluding hydrogens is 630 g/mol. The highest BCUT2D eigenvalue weighted by atomic mass is 19.4. The second kappa shape index (κ2) is 13.5. The fourth-order valence-corrected chi connectivity index (χ4v) is 6.25. The minimum atomic E-state index is -5.01. The van der Waals surface area contributed by atoms with E-state index in [1.807, 2.05) is 11.8 Å². The van der Waals surface area contributed by atoms with Crippen LogP contribution in [0, 0.1) is 13.8 Å². The first-order valence-corrected chi connectivity index (χ1v) is 15.3. The summed E-state index contributed by atoms with van der Waals surface area (Å²) in [6, 6.07) is 2.24. The molecule has 15 heteroatoms. The van der Waals surface area contributed by atoms with Crippen LogP contribution in [0.3, 0.4) is 0 Å². The van der Waals surface area contributed by atoms with Crippen molar-refractivity contribution in [3.63, 3.8) is 0 Å². The second-order valence-corrected chi connectivity index (χ2v) is 11.6. The number of nitrogens with zero attached hydrogens (tertiary/aromatic N) is 6. The van der Waals surface area contributed by atoms with Gasteiger partial charge in [-0.25, -0.2) is 14.8 Å². The summed E-state index contributed by atoms with van der Waals surface area (Å²) in [4.78, 5) is 32.2. The Kier molecular flexibility index (Phi) is 9.85. The van der Waals surface area contributed by atoms with Crippen LogP contribution < -0.4 is 14.7 Å². The van der Waals surface area contributed by atoms with E-state index in [2.05, 4.69) is 15.0 Å². The van der Waals surface area contributed by atoms with Gasteiger partial charge in [-0.2, -0.15) is 26.3 Å². The summed E-state index contributed by atoms with van der Waals surface area (Å²) < 4.78 is 94.0. The van der Waals surface area contributed by atoms with E-state index in [1.165, 1.54) is 0 Å². The van der Waals surface area contributed by atoms with Crippen LogP contribution in [-0.2, 0) is 28.4 Å². The summed E-state index contributed by atoms with van der Waals surface area (Å²) in [6.45, 7) is 9.10. The Labute approximate surface area is 268 Å². The van der Waals surface area contributed by atoms with E-state index in [0.29, 0.717) is 61.1 Å². The van der Waals surface area contributed by atoms with Crippen molar-refractivity contribution in [3.8, 4) is 0 Å². The molecular formula is C32H36F6N6O3. The highest BCUT2D eigenvalue weighted by Gasteiger charge is 2.42. The number of alkyl halides is 6. The molecule has 1 fully saturated rings. The molecule has 1 amide bonds. The molecule has 1 aromatic carbocycles. The number of carbonyl (C=O) groups excluding carboxylic acids is 1. The largest absolute Gasteiger partial charge is 0.449 e. The normalized spacial score (nSPS) is 18.6. The molecule has 3 aromatic rings. The van der Waals surface area contributed by atoms with Crippen LogP contribution in [0.4, 0.5) is 48.5 Å². The smallest absolute Gasteiger partial charge is 0.416 e. The molecule has 0 spiro atoms. The lowest BCUT2D eigenvalue weighted by Gasteiger charge is -2.44. The van der Waals surface area contributed by atoms with E-state index in [4.69, 9.17) is 9.47 Å². The molecule has 5 rings (SSSR count). The minimum Gasteiger partial charge on any atom is -0.449 e. The summed E-state index contributed by atoms with van der Waals surface area (Å²) in [5.74, 6) is 0.107. The molecule has 0 N–H and O–H groups in total. The molecule has 0 radical (unpaired) electrons. The number of morpholine rings is 1. The van der Waals surface area contributed by atoms with Crippen molar-refractivity contribution in [2.45, 2.75) is 71.5 Å². The van der Waals surface area contributed by atoms with Crippen molar-refractivity contribution >= 4 is 23.4 Å². The maximum absolute atomic E-state index is 13.9. The first-order valence-electron chi connectivity index (χ1n) is 15.3.